The average molecular weight is 452 g/mol. The summed E-state index contributed by atoms with van der Waals surface area (Å²) in [5.74, 6) is 2.46. The van der Waals surface area contributed by atoms with Crippen LogP contribution in [-0.4, -0.2) is 30.7 Å². The molecule has 0 fully saturated rings. The van der Waals surface area contributed by atoms with Gasteiger partial charge in [-0.05, 0) is 36.4 Å². The standard InChI is InChI=1S/C19H16BrClN2O4/c1-2-12-26-18(24)22-15-4-3-5-17(13-15)27-19(25)23(11-10-20)16-8-6-14(21)7-9-16/h1,3-9,13H,10-12H2,(H,22,24). The lowest BCUT2D eigenvalue weighted by molar-refractivity contribution is 0.176. The van der Waals surface area contributed by atoms with E-state index in [2.05, 4.69) is 27.2 Å². The van der Waals surface area contributed by atoms with Gasteiger partial charge in [0.05, 0.1) is 0 Å². The van der Waals surface area contributed by atoms with Crippen LogP contribution in [0.1, 0.15) is 0 Å². The SMILES string of the molecule is C#CCOC(=O)Nc1cccc(OC(=O)N(CCBr)c2ccc(Cl)cc2)c1. The van der Waals surface area contributed by atoms with Crippen LogP contribution < -0.4 is 15.0 Å². The highest BCUT2D eigenvalue weighted by Gasteiger charge is 2.18. The first-order chi connectivity index (χ1) is 13.0. The van der Waals surface area contributed by atoms with Crippen molar-refractivity contribution >= 4 is 51.1 Å². The molecule has 0 unspecified atom stereocenters. The quantitative estimate of drug-likeness (QED) is 0.500. The molecule has 0 saturated carbocycles. The Kier molecular flexibility index (Phi) is 7.99. The first-order valence-corrected chi connectivity index (χ1v) is 9.31. The van der Waals surface area contributed by atoms with Gasteiger partial charge in [-0.2, -0.15) is 0 Å². The number of anilines is 2. The predicted molar refractivity (Wildman–Crippen MR) is 109 cm³/mol. The lowest BCUT2D eigenvalue weighted by atomic mass is 10.3. The van der Waals surface area contributed by atoms with Gasteiger partial charge in [0.2, 0.25) is 0 Å². The molecule has 2 rings (SSSR count). The number of nitrogens with zero attached hydrogens (tertiary/aromatic N) is 1. The number of benzene rings is 2. The van der Waals surface area contributed by atoms with Crippen LogP contribution in [0.5, 0.6) is 5.75 Å². The van der Waals surface area contributed by atoms with Crippen LogP contribution in [0.15, 0.2) is 48.5 Å². The molecular formula is C19H16BrClN2O4. The molecule has 0 atom stereocenters. The minimum atomic E-state index is -0.696. The smallest absolute Gasteiger partial charge is 0.419 e. The number of hydrogen-bond donors (Lipinski definition) is 1. The summed E-state index contributed by atoms with van der Waals surface area (Å²) in [6.07, 6.45) is 3.77. The van der Waals surface area contributed by atoms with Crippen molar-refractivity contribution in [2.24, 2.45) is 0 Å². The minimum absolute atomic E-state index is 0.136. The number of rotatable bonds is 6. The topological polar surface area (TPSA) is 67.9 Å². The molecule has 2 aromatic carbocycles. The molecule has 27 heavy (non-hydrogen) atoms. The Morgan fingerprint density at radius 2 is 1.96 bits per heavy atom. The van der Waals surface area contributed by atoms with Gasteiger partial charge in [0.1, 0.15) is 5.75 Å². The molecular weight excluding hydrogens is 436 g/mol. The maximum absolute atomic E-state index is 12.6. The lowest BCUT2D eigenvalue weighted by Gasteiger charge is -2.21. The van der Waals surface area contributed by atoms with Gasteiger partial charge in [-0.15, -0.1) is 6.42 Å². The van der Waals surface area contributed by atoms with Gasteiger partial charge in [-0.3, -0.25) is 10.2 Å². The highest BCUT2D eigenvalue weighted by Crippen LogP contribution is 2.22. The molecule has 6 nitrogen and oxygen atoms in total. The van der Waals surface area contributed by atoms with Crippen molar-refractivity contribution in [2.45, 2.75) is 0 Å². The predicted octanol–water partition coefficient (Wildman–Crippen LogP) is 4.92. The highest BCUT2D eigenvalue weighted by atomic mass is 79.9. The molecule has 0 aromatic heterocycles. The number of nitrogens with one attached hydrogen (secondary N) is 1. The maximum atomic E-state index is 12.6. The van der Waals surface area contributed by atoms with Crippen LogP contribution in [0, 0.1) is 12.3 Å². The van der Waals surface area contributed by atoms with Crippen LogP contribution in [0.4, 0.5) is 21.0 Å². The molecule has 1 N–H and O–H groups in total. The summed E-state index contributed by atoms with van der Waals surface area (Å²) in [6, 6.07) is 13.2. The molecule has 2 aromatic rings. The molecule has 0 spiro atoms. The van der Waals surface area contributed by atoms with Gasteiger partial charge in [0, 0.05) is 34.3 Å². The van der Waals surface area contributed by atoms with E-state index in [1.165, 1.54) is 11.0 Å². The van der Waals surface area contributed by atoms with Gasteiger partial charge >= 0.3 is 12.2 Å². The number of carbonyl (C=O) groups excluding carboxylic acids is 2. The average Bonchev–Trinajstić information content (AvgIpc) is 2.65. The van der Waals surface area contributed by atoms with Gasteiger partial charge in [-0.1, -0.05) is 39.5 Å². The number of alkyl halides is 1. The number of hydrogen-bond acceptors (Lipinski definition) is 4. The third-order valence-corrected chi connectivity index (χ3v) is 3.85. The molecule has 2 amide bonds. The Morgan fingerprint density at radius 1 is 1.22 bits per heavy atom. The van der Waals surface area contributed by atoms with Crippen molar-refractivity contribution < 1.29 is 19.1 Å². The fourth-order valence-corrected chi connectivity index (χ4v) is 2.57. The van der Waals surface area contributed by atoms with E-state index in [0.717, 1.165) is 0 Å². The highest BCUT2D eigenvalue weighted by molar-refractivity contribution is 9.09. The molecule has 0 bridgehead atoms. The fourth-order valence-electron chi connectivity index (χ4n) is 2.09. The van der Waals surface area contributed by atoms with Gasteiger partial charge < -0.3 is 9.47 Å². The Balaban J connectivity index is 2.08. The van der Waals surface area contributed by atoms with E-state index < -0.39 is 12.2 Å². The van der Waals surface area contributed by atoms with Gasteiger partial charge in [0.25, 0.3) is 0 Å². The third-order valence-electron chi connectivity index (χ3n) is 3.24. The Morgan fingerprint density at radius 3 is 2.63 bits per heavy atom. The van der Waals surface area contributed by atoms with Crippen LogP contribution in [0.3, 0.4) is 0 Å². The molecule has 0 heterocycles. The molecule has 0 radical (unpaired) electrons. The monoisotopic (exact) mass is 450 g/mol. The molecule has 0 aliphatic heterocycles. The summed E-state index contributed by atoms with van der Waals surface area (Å²) >= 11 is 9.22. The second kappa shape index (κ2) is 10.5. The van der Waals surface area contributed by atoms with Gasteiger partial charge in [0.15, 0.2) is 6.61 Å². The Hall–Kier alpha value is -2.69. The zero-order chi connectivity index (χ0) is 19.6. The number of carbonyl (C=O) groups is 2. The number of halogens is 2. The van der Waals surface area contributed by atoms with Crippen molar-refractivity contribution in [2.75, 3.05) is 28.7 Å². The van der Waals surface area contributed by atoms with E-state index in [9.17, 15) is 9.59 Å². The molecule has 0 saturated heterocycles. The zero-order valence-corrected chi connectivity index (χ0v) is 16.5. The summed E-state index contributed by atoms with van der Waals surface area (Å²) in [7, 11) is 0. The van der Waals surface area contributed by atoms with Crippen LogP contribution in [0.2, 0.25) is 5.02 Å². The molecule has 8 heteroatoms. The normalized spacial score (nSPS) is 9.81. The molecule has 0 aliphatic carbocycles. The van der Waals surface area contributed by atoms with Crippen molar-refractivity contribution in [1.82, 2.24) is 0 Å². The molecule has 0 aliphatic rings. The number of terminal acetylenes is 1. The maximum Gasteiger partial charge on any atom is 0.419 e. The first-order valence-electron chi connectivity index (χ1n) is 7.81. The van der Waals surface area contributed by atoms with E-state index in [4.69, 9.17) is 27.5 Å². The Labute approximate surface area is 170 Å². The summed E-state index contributed by atoms with van der Waals surface area (Å²) in [5, 5.41) is 3.63. The zero-order valence-electron chi connectivity index (χ0n) is 14.2. The van der Waals surface area contributed by atoms with Crippen molar-refractivity contribution in [1.29, 1.82) is 0 Å². The fraction of sp³-hybridized carbons (Fsp3) is 0.158. The number of ether oxygens (including phenoxy) is 2. The minimum Gasteiger partial charge on any atom is -0.436 e. The first kappa shape index (κ1) is 20.6. The number of amides is 2. The van der Waals surface area contributed by atoms with Crippen LogP contribution in [0.25, 0.3) is 0 Å². The second-order valence-corrected chi connectivity index (χ2v) is 6.35. The Bertz CT molecular complexity index is 836. The summed E-state index contributed by atoms with van der Waals surface area (Å²) in [5.41, 5.74) is 1.05. The van der Waals surface area contributed by atoms with Crippen LogP contribution >= 0.6 is 27.5 Å². The summed E-state index contributed by atoms with van der Waals surface area (Å²) in [6.45, 7) is 0.264. The van der Waals surface area contributed by atoms with E-state index in [1.54, 1.807) is 42.5 Å². The third kappa shape index (κ3) is 6.51. The van der Waals surface area contributed by atoms with E-state index >= 15 is 0 Å². The molecule has 140 valence electrons. The lowest BCUT2D eigenvalue weighted by Crippen LogP contribution is -2.35. The van der Waals surface area contributed by atoms with Crippen molar-refractivity contribution in [3.05, 3.63) is 53.6 Å². The summed E-state index contributed by atoms with van der Waals surface area (Å²) in [4.78, 5) is 25.6. The largest absolute Gasteiger partial charge is 0.436 e. The van der Waals surface area contributed by atoms with Gasteiger partial charge in [-0.25, -0.2) is 9.59 Å². The second-order valence-electron chi connectivity index (χ2n) is 5.12. The van der Waals surface area contributed by atoms with E-state index in [0.29, 0.717) is 28.3 Å². The summed E-state index contributed by atoms with van der Waals surface area (Å²) < 4.78 is 10.2. The van der Waals surface area contributed by atoms with Crippen LogP contribution in [-0.2, 0) is 4.74 Å². The van der Waals surface area contributed by atoms with E-state index in [-0.39, 0.29) is 12.4 Å². The van der Waals surface area contributed by atoms with Crippen molar-refractivity contribution in [3.8, 4) is 18.1 Å². The van der Waals surface area contributed by atoms with E-state index in [1.807, 2.05) is 0 Å². The van der Waals surface area contributed by atoms with Crippen molar-refractivity contribution in [3.63, 3.8) is 0 Å².